The van der Waals surface area contributed by atoms with E-state index in [-0.39, 0.29) is 12.7 Å². The summed E-state index contributed by atoms with van der Waals surface area (Å²) in [5.41, 5.74) is 2.41. The fourth-order valence-corrected chi connectivity index (χ4v) is 3.08. The summed E-state index contributed by atoms with van der Waals surface area (Å²) in [5, 5.41) is 12.5. The van der Waals surface area contributed by atoms with Crippen molar-refractivity contribution in [1.82, 2.24) is 5.32 Å². The van der Waals surface area contributed by atoms with Gasteiger partial charge in [0.15, 0.2) is 0 Å². The van der Waals surface area contributed by atoms with E-state index in [1.807, 2.05) is 7.05 Å². The predicted octanol–water partition coefficient (Wildman–Crippen LogP) is 2.32. The van der Waals surface area contributed by atoms with Crippen LogP contribution in [0, 0.1) is 0 Å². The fourth-order valence-electron chi connectivity index (χ4n) is 2.46. The average molecular weight is 343 g/mol. The Bertz CT molecular complexity index is 455. The van der Waals surface area contributed by atoms with Crippen LogP contribution in [0.4, 0.5) is 5.69 Å². The van der Waals surface area contributed by atoms with Crippen molar-refractivity contribution in [2.24, 2.45) is 0 Å². The molecule has 1 aliphatic rings. The summed E-state index contributed by atoms with van der Waals surface area (Å²) >= 11 is 3.68. The van der Waals surface area contributed by atoms with Gasteiger partial charge in [-0.1, -0.05) is 6.07 Å². The number of aliphatic hydroxyl groups is 1. The van der Waals surface area contributed by atoms with Gasteiger partial charge in [0, 0.05) is 23.1 Å². The first-order valence-corrected chi connectivity index (χ1v) is 7.82. The van der Waals surface area contributed by atoms with Crippen LogP contribution in [0.2, 0.25) is 0 Å². The lowest BCUT2D eigenvalue weighted by atomic mass is 10.1. The zero-order valence-corrected chi connectivity index (χ0v) is 13.9. The maximum absolute atomic E-state index is 9.29. The van der Waals surface area contributed by atoms with Gasteiger partial charge in [0.2, 0.25) is 0 Å². The molecule has 1 heterocycles. The van der Waals surface area contributed by atoms with Crippen LogP contribution in [0.3, 0.4) is 0 Å². The van der Waals surface area contributed by atoms with Gasteiger partial charge in [0.05, 0.1) is 25.0 Å². The van der Waals surface area contributed by atoms with Gasteiger partial charge in [-0.2, -0.15) is 0 Å². The second-order valence-electron chi connectivity index (χ2n) is 5.36. The average Bonchev–Trinajstić information content (AvgIpc) is 2.47. The highest BCUT2D eigenvalue weighted by atomic mass is 79.9. The minimum absolute atomic E-state index is 0.0652. The Morgan fingerprint density at radius 3 is 2.90 bits per heavy atom. The number of hydrogen-bond acceptors (Lipinski definition) is 4. The number of ether oxygens (including phenoxy) is 1. The lowest BCUT2D eigenvalue weighted by Gasteiger charge is -2.39. The Morgan fingerprint density at radius 2 is 2.30 bits per heavy atom. The molecule has 2 rings (SSSR count). The highest BCUT2D eigenvalue weighted by Crippen LogP contribution is 2.32. The third kappa shape index (κ3) is 3.34. The molecule has 1 aromatic carbocycles. The van der Waals surface area contributed by atoms with E-state index in [1.165, 1.54) is 5.56 Å². The van der Waals surface area contributed by atoms with Crippen LogP contribution in [-0.4, -0.2) is 44.1 Å². The number of rotatable bonds is 4. The smallest absolute Gasteiger partial charge is 0.0981 e. The van der Waals surface area contributed by atoms with E-state index in [1.54, 1.807) is 0 Å². The number of hydrogen-bond donors (Lipinski definition) is 2. The molecule has 2 N–H and O–H groups in total. The molecule has 20 heavy (non-hydrogen) atoms. The van der Waals surface area contributed by atoms with Crippen molar-refractivity contribution >= 4 is 21.6 Å². The maximum Gasteiger partial charge on any atom is 0.0981 e. The van der Waals surface area contributed by atoms with Crippen molar-refractivity contribution in [3.8, 4) is 0 Å². The van der Waals surface area contributed by atoms with E-state index in [0.717, 1.165) is 16.7 Å². The largest absolute Gasteiger partial charge is 0.394 e. The van der Waals surface area contributed by atoms with E-state index < -0.39 is 0 Å². The summed E-state index contributed by atoms with van der Waals surface area (Å²) in [6.07, 6.45) is -0.103. The predicted molar refractivity (Wildman–Crippen MR) is 85.3 cm³/mol. The first-order valence-electron chi connectivity index (χ1n) is 7.02. The number of nitrogens with one attached hydrogen (secondary N) is 1. The lowest BCUT2D eigenvalue weighted by Crippen LogP contribution is -2.49. The number of nitrogens with zero attached hydrogens (tertiary/aromatic N) is 1. The first-order chi connectivity index (χ1) is 9.56. The van der Waals surface area contributed by atoms with E-state index in [9.17, 15) is 5.11 Å². The van der Waals surface area contributed by atoms with Crippen LogP contribution in [0.15, 0.2) is 22.7 Å². The summed E-state index contributed by atoms with van der Waals surface area (Å²) < 4.78 is 6.68. The molecule has 3 unspecified atom stereocenters. The van der Waals surface area contributed by atoms with Gasteiger partial charge < -0.3 is 20.1 Å². The standard InChI is InChI=1S/C15H23BrN2O2/c1-10-9-20-13(8-19)7-18(10)15-5-4-12(6-14(15)16)11(2)17-3/h4-6,10-11,13,17,19H,7-9H2,1-3H3. The topological polar surface area (TPSA) is 44.7 Å². The SMILES string of the molecule is CNC(C)c1ccc(N2CC(CO)OCC2C)c(Br)c1. The van der Waals surface area contributed by atoms with Crippen molar-refractivity contribution in [3.63, 3.8) is 0 Å². The van der Waals surface area contributed by atoms with E-state index >= 15 is 0 Å². The van der Waals surface area contributed by atoms with Crippen LogP contribution in [0.1, 0.15) is 25.5 Å². The summed E-state index contributed by atoms with van der Waals surface area (Å²) in [7, 11) is 1.96. The van der Waals surface area contributed by atoms with Crippen LogP contribution in [0.5, 0.6) is 0 Å². The number of morpholine rings is 1. The van der Waals surface area contributed by atoms with Crippen molar-refractivity contribution in [3.05, 3.63) is 28.2 Å². The Morgan fingerprint density at radius 1 is 1.55 bits per heavy atom. The molecule has 3 atom stereocenters. The molecule has 5 heteroatoms. The molecule has 0 bridgehead atoms. The Labute approximate surface area is 129 Å². The van der Waals surface area contributed by atoms with Crippen molar-refractivity contribution in [1.29, 1.82) is 0 Å². The molecule has 1 fully saturated rings. The number of halogens is 1. The summed E-state index contributed by atoms with van der Waals surface area (Å²) in [6.45, 7) is 5.71. The lowest BCUT2D eigenvalue weighted by molar-refractivity contribution is -0.0103. The number of aliphatic hydroxyl groups excluding tert-OH is 1. The van der Waals surface area contributed by atoms with Crippen LogP contribution in [0.25, 0.3) is 0 Å². The normalized spacial score (nSPS) is 24.8. The van der Waals surface area contributed by atoms with Gasteiger partial charge in [-0.25, -0.2) is 0 Å². The number of benzene rings is 1. The second kappa shape index (κ2) is 6.89. The van der Waals surface area contributed by atoms with Gasteiger partial charge in [0.25, 0.3) is 0 Å². The van der Waals surface area contributed by atoms with Gasteiger partial charge >= 0.3 is 0 Å². The van der Waals surface area contributed by atoms with Crippen LogP contribution in [-0.2, 0) is 4.74 Å². The molecule has 0 aliphatic carbocycles. The van der Waals surface area contributed by atoms with Crippen molar-refractivity contribution in [2.45, 2.75) is 32.0 Å². The molecule has 1 aliphatic heterocycles. The number of anilines is 1. The summed E-state index contributed by atoms with van der Waals surface area (Å²) in [4.78, 5) is 2.29. The molecule has 0 aromatic heterocycles. The van der Waals surface area contributed by atoms with Crippen molar-refractivity contribution in [2.75, 3.05) is 31.7 Å². The van der Waals surface area contributed by atoms with E-state index in [0.29, 0.717) is 18.7 Å². The van der Waals surface area contributed by atoms with Gasteiger partial charge in [-0.15, -0.1) is 0 Å². The van der Waals surface area contributed by atoms with Gasteiger partial charge in [0.1, 0.15) is 0 Å². The highest BCUT2D eigenvalue weighted by Gasteiger charge is 2.27. The highest BCUT2D eigenvalue weighted by molar-refractivity contribution is 9.10. The first kappa shape index (κ1) is 15.8. The maximum atomic E-state index is 9.29. The monoisotopic (exact) mass is 342 g/mol. The summed E-state index contributed by atoms with van der Waals surface area (Å²) in [6, 6.07) is 7.09. The molecule has 0 radical (unpaired) electrons. The Kier molecular flexibility index (Phi) is 5.43. The molecule has 0 amide bonds. The minimum Gasteiger partial charge on any atom is -0.394 e. The van der Waals surface area contributed by atoms with Gasteiger partial charge in [-0.3, -0.25) is 0 Å². The third-order valence-corrected chi connectivity index (χ3v) is 4.56. The Balaban J connectivity index is 2.23. The molecular formula is C15H23BrN2O2. The Hall–Kier alpha value is -0.620. The quantitative estimate of drug-likeness (QED) is 0.881. The van der Waals surface area contributed by atoms with Gasteiger partial charge in [-0.05, 0) is 54.5 Å². The van der Waals surface area contributed by atoms with Crippen molar-refractivity contribution < 1.29 is 9.84 Å². The minimum atomic E-state index is -0.103. The van der Waals surface area contributed by atoms with E-state index in [2.05, 4.69) is 58.2 Å². The zero-order chi connectivity index (χ0) is 14.7. The molecule has 0 spiro atoms. The van der Waals surface area contributed by atoms with E-state index in [4.69, 9.17) is 4.74 Å². The molecule has 1 aromatic rings. The molecule has 1 saturated heterocycles. The fraction of sp³-hybridized carbons (Fsp3) is 0.600. The molecular weight excluding hydrogens is 320 g/mol. The summed E-state index contributed by atoms with van der Waals surface area (Å²) in [5.74, 6) is 0. The van der Waals surface area contributed by atoms with Crippen LogP contribution >= 0.6 is 15.9 Å². The molecule has 4 nitrogen and oxygen atoms in total. The second-order valence-corrected chi connectivity index (χ2v) is 6.21. The molecule has 112 valence electrons. The third-order valence-electron chi connectivity index (χ3n) is 3.92. The zero-order valence-electron chi connectivity index (χ0n) is 12.3. The molecule has 0 saturated carbocycles. The van der Waals surface area contributed by atoms with Crippen LogP contribution < -0.4 is 10.2 Å².